The third-order valence-electron chi connectivity index (χ3n) is 6.83. The van der Waals surface area contributed by atoms with Gasteiger partial charge in [-0.2, -0.15) is 5.10 Å². The van der Waals surface area contributed by atoms with Crippen molar-refractivity contribution in [3.8, 4) is 0 Å². The van der Waals surface area contributed by atoms with Gasteiger partial charge in [-0.3, -0.25) is 9.48 Å². The molecule has 0 spiro atoms. The van der Waals surface area contributed by atoms with Crippen LogP contribution in [0.15, 0.2) is 36.7 Å². The Balaban J connectivity index is 1.21. The first kappa shape index (κ1) is 20.7. The van der Waals surface area contributed by atoms with Gasteiger partial charge in [0, 0.05) is 69.5 Å². The third kappa shape index (κ3) is 3.78. The molecule has 168 valence electrons. The number of piperazine rings is 1. The summed E-state index contributed by atoms with van der Waals surface area (Å²) in [6.07, 6.45) is 5.45. The number of carbonyl (C=O) groups is 1. The maximum absolute atomic E-state index is 13.2. The predicted octanol–water partition coefficient (Wildman–Crippen LogP) is 2.72. The molecule has 1 amide bonds. The van der Waals surface area contributed by atoms with Gasteiger partial charge < -0.3 is 14.7 Å². The highest BCUT2D eigenvalue weighted by molar-refractivity contribution is 5.91. The fourth-order valence-corrected chi connectivity index (χ4v) is 5.03. The number of amides is 1. The first-order valence-corrected chi connectivity index (χ1v) is 11.7. The second-order valence-corrected chi connectivity index (χ2v) is 8.69. The van der Waals surface area contributed by atoms with Gasteiger partial charge in [0.05, 0.1) is 5.69 Å². The first-order chi connectivity index (χ1) is 15.7. The maximum atomic E-state index is 13.2. The molecule has 5 rings (SSSR count). The van der Waals surface area contributed by atoms with E-state index in [2.05, 4.69) is 33.7 Å². The van der Waals surface area contributed by atoms with Gasteiger partial charge in [-0.25, -0.2) is 9.97 Å². The number of piperidine rings is 1. The number of carbonyl (C=O) groups excluding carboxylic acids is 1. The molecule has 0 radical (unpaired) electrons. The van der Waals surface area contributed by atoms with Crippen molar-refractivity contribution in [3.63, 3.8) is 0 Å². The number of anilines is 2. The number of rotatable bonds is 4. The molecule has 0 N–H and O–H groups in total. The van der Waals surface area contributed by atoms with E-state index < -0.39 is 0 Å². The van der Waals surface area contributed by atoms with Crippen molar-refractivity contribution < 1.29 is 4.79 Å². The van der Waals surface area contributed by atoms with Crippen molar-refractivity contribution in [2.45, 2.75) is 33.2 Å². The number of hydrogen-bond acceptors (Lipinski definition) is 6. The van der Waals surface area contributed by atoms with Gasteiger partial charge in [0.15, 0.2) is 5.82 Å². The Bertz CT molecular complexity index is 1080. The molecule has 0 aliphatic carbocycles. The highest BCUT2D eigenvalue weighted by Crippen LogP contribution is 2.30. The topological polar surface area (TPSA) is 70.4 Å². The van der Waals surface area contributed by atoms with Crippen LogP contribution in [0.4, 0.5) is 11.6 Å². The largest absolute Gasteiger partial charge is 0.355 e. The molecule has 3 aromatic heterocycles. The number of hydrogen-bond donors (Lipinski definition) is 0. The molecule has 3 aromatic rings. The lowest BCUT2D eigenvalue weighted by Gasteiger charge is -2.39. The summed E-state index contributed by atoms with van der Waals surface area (Å²) in [5, 5.41) is 5.84. The Morgan fingerprint density at radius 1 is 0.969 bits per heavy atom. The SMILES string of the molecule is CCn1nc(C)c2ccnc(N3CCC(C(=O)N4CCN(c5ccccn5)CC4)CC3)c21. The highest BCUT2D eigenvalue weighted by atomic mass is 16.2. The summed E-state index contributed by atoms with van der Waals surface area (Å²) in [6, 6.07) is 8.03. The Morgan fingerprint density at radius 2 is 1.75 bits per heavy atom. The normalized spacial score (nSPS) is 17.9. The number of nitrogens with zero attached hydrogens (tertiary/aromatic N) is 7. The minimum Gasteiger partial charge on any atom is -0.355 e. The molecule has 0 aromatic carbocycles. The van der Waals surface area contributed by atoms with Gasteiger partial charge in [0.25, 0.3) is 0 Å². The van der Waals surface area contributed by atoms with E-state index in [1.165, 1.54) is 5.39 Å². The van der Waals surface area contributed by atoms with Crippen molar-refractivity contribution in [1.82, 2.24) is 24.6 Å². The third-order valence-corrected chi connectivity index (χ3v) is 6.83. The lowest BCUT2D eigenvalue weighted by Crippen LogP contribution is -2.52. The van der Waals surface area contributed by atoms with Crippen molar-refractivity contribution in [2.24, 2.45) is 5.92 Å². The number of aromatic nitrogens is 4. The second-order valence-electron chi connectivity index (χ2n) is 8.69. The Hall–Kier alpha value is -3.16. The number of aryl methyl sites for hydroxylation is 2. The number of pyridine rings is 2. The van der Waals surface area contributed by atoms with Crippen LogP contribution in [0.3, 0.4) is 0 Å². The first-order valence-electron chi connectivity index (χ1n) is 11.7. The van der Waals surface area contributed by atoms with E-state index in [0.29, 0.717) is 5.91 Å². The lowest BCUT2D eigenvalue weighted by molar-refractivity contribution is -0.136. The Morgan fingerprint density at radius 3 is 2.44 bits per heavy atom. The minimum absolute atomic E-state index is 0.102. The fraction of sp³-hybridized carbons (Fsp3) is 0.500. The summed E-state index contributed by atoms with van der Waals surface area (Å²) in [6.45, 7) is 9.91. The second kappa shape index (κ2) is 8.76. The smallest absolute Gasteiger partial charge is 0.225 e. The van der Waals surface area contributed by atoms with Crippen LogP contribution in [0, 0.1) is 12.8 Å². The van der Waals surface area contributed by atoms with E-state index >= 15 is 0 Å². The molecule has 2 fully saturated rings. The fourth-order valence-electron chi connectivity index (χ4n) is 5.03. The van der Waals surface area contributed by atoms with Crippen molar-refractivity contribution in [3.05, 3.63) is 42.4 Å². The van der Waals surface area contributed by atoms with E-state index in [9.17, 15) is 4.79 Å². The molecular weight excluding hydrogens is 402 g/mol. The van der Waals surface area contributed by atoms with Crippen LogP contribution in [-0.2, 0) is 11.3 Å². The van der Waals surface area contributed by atoms with E-state index in [-0.39, 0.29) is 5.92 Å². The van der Waals surface area contributed by atoms with Crippen LogP contribution in [0.25, 0.3) is 10.9 Å². The predicted molar refractivity (Wildman–Crippen MR) is 126 cm³/mol. The monoisotopic (exact) mass is 433 g/mol. The van der Waals surface area contributed by atoms with Crippen LogP contribution in [0.1, 0.15) is 25.5 Å². The highest BCUT2D eigenvalue weighted by Gasteiger charge is 2.31. The average molecular weight is 434 g/mol. The minimum atomic E-state index is 0.102. The van der Waals surface area contributed by atoms with Gasteiger partial charge in [0.1, 0.15) is 11.3 Å². The quantitative estimate of drug-likeness (QED) is 0.630. The van der Waals surface area contributed by atoms with E-state index in [1.54, 1.807) is 0 Å². The summed E-state index contributed by atoms with van der Waals surface area (Å²) in [7, 11) is 0. The molecule has 2 aliphatic rings. The molecule has 0 atom stereocenters. The molecule has 5 heterocycles. The summed E-state index contributed by atoms with van der Waals surface area (Å²) < 4.78 is 2.05. The van der Waals surface area contributed by atoms with Gasteiger partial charge >= 0.3 is 0 Å². The van der Waals surface area contributed by atoms with Crippen LogP contribution in [-0.4, -0.2) is 69.8 Å². The molecule has 8 nitrogen and oxygen atoms in total. The zero-order chi connectivity index (χ0) is 22.1. The summed E-state index contributed by atoms with van der Waals surface area (Å²) in [5.41, 5.74) is 2.16. The van der Waals surface area contributed by atoms with Gasteiger partial charge in [-0.15, -0.1) is 0 Å². The molecule has 0 unspecified atom stereocenters. The van der Waals surface area contributed by atoms with Crippen molar-refractivity contribution in [1.29, 1.82) is 0 Å². The molecule has 2 saturated heterocycles. The standard InChI is InChI=1S/C24H31N7O/c1-3-31-22-20(18(2)27-31)7-11-26-23(22)29-12-8-19(9-13-29)24(32)30-16-14-28(15-17-30)21-6-4-5-10-25-21/h4-7,10-11,19H,3,8-9,12-17H2,1-2H3. The molecule has 0 saturated carbocycles. The molecule has 0 bridgehead atoms. The molecule has 2 aliphatic heterocycles. The van der Waals surface area contributed by atoms with Crippen LogP contribution in [0.2, 0.25) is 0 Å². The molecule has 32 heavy (non-hydrogen) atoms. The van der Waals surface area contributed by atoms with E-state index in [1.807, 2.05) is 46.2 Å². The van der Waals surface area contributed by atoms with Gasteiger partial charge in [-0.1, -0.05) is 6.07 Å². The summed E-state index contributed by atoms with van der Waals surface area (Å²) in [5.74, 6) is 2.41. The van der Waals surface area contributed by atoms with Gasteiger partial charge in [-0.05, 0) is 44.9 Å². The van der Waals surface area contributed by atoms with Crippen molar-refractivity contribution in [2.75, 3.05) is 49.1 Å². The zero-order valence-electron chi connectivity index (χ0n) is 18.9. The number of fused-ring (bicyclic) bond motifs is 1. The van der Waals surface area contributed by atoms with Gasteiger partial charge in [0.2, 0.25) is 5.91 Å². The molecule has 8 heteroatoms. The molecular formula is C24H31N7O. The Labute approximate surface area is 188 Å². The summed E-state index contributed by atoms with van der Waals surface area (Å²) in [4.78, 5) is 29.0. The average Bonchev–Trinajstić information content (AvgIpc) is 3.20. The van der Waals surface area contributed by atoms with E-state index in [0.717, 1.165) is 81.5 Å². The zero-order valence-corrected chi connectivity index (χ0v) is 18.9. The van der Waals surface area contributed by atoms with Crippen LogP contribution < -0.4 is 9.80 Å². The lowest BCUT2D eigenvalue weighted by atomic mass is 9.94. The Kier molecular flexibility index (Phi) is 5.68. The van der Waals surface area contributed by atoms with Crippen molar-refractivity contribution >= 4 is 28.4 Å². The maximum Gasteiger partial charge on any atom is 0.225 e. The summed E-state index contributed by atoms with van der Waals surface area (Å²) >= 11 is 0. The van der Waals surface area contributed by atoms with E-state index in [4.69, 9.17) is 4.98 Å². The van der Waals surface area contributed by atoms with Crippen LogP contribution >= 0.6 is 0 Å². The van der Waals surface area contributed by atoms with Crippen LogP contribution in [0.5, 0.6) is 0 Å².